The third-order valence-electron chi connectivity index (χ3n) is 2.31. The molecular weight excluding hydrogens is 231 g/mol. The molecule has 0 radical (unpaired) electrons. The van der Waals surface area contributed by atoms with Crippen LogP contribution in [0, 0.1) is 0 Å². The molecule has 2 rings (SSSR count). The van der Waals surface area contributed by atoms with Crippen LogP contribution in [-0.4, -0.2) is 12.8 Å². The highest BCUT2D eigenvalue weighted by molar-refractivity contribution is 5.30. The van der Waals surface area contributed by atoms with E-state index in [-0.39, 0.29) is 6.10 Å². The third-order valence-corrected chi connectivity index (χ3v) is 2.31. The molecule has 0 bridgehead atoms. The second kappa shape index (κ2) is 3.41. The normalized spacial score (nSPS) is 20.9. The van der Waals surface area contributed by atoms with Crippen molar-refractivity contribution in [3.05, 3.63) is 35.4 Å². The van der Waals surface area contributed by atoms with Gasteiger partial charge in [0.05, 0.1) is 6.61 Å². The zero-order valence-corrected chi connectivity index (χ0v) is 7.89. The number of hydrogen-bond acceptors (Lipinski definition) is 1. The fraction of sp³-hybridized carbons (Fsp3) is 0.400. The summed E-state index contributed by atoms with van der Waals surface area (Å²) in [4.78, 5) is 0. The van der Waals surface area contributed by atoms with Gasteiger partial charge in [0.25, 0.3) is 0 Å². The van der Waals surface area contributed by atoms with Crippen LogP contribution in [0.15, 0.2) is 24.3 Å². The molecule has 88 valence electrons. The van der Waals surface area contributed by atoms with E-state index >= 15 is 0 Å². The Labute approximate surface area is 87.8 Å². The maximum atomic E-state index is 13.0. The Morgan fingerprint density at radius 2 is 1.75 bits per heavy atom. The molecule has 1 heterocycles. The number of ether oxygens (including phenoxy) is 1. The molecule has 1 aliphatic heterocycles. The summed E-state index contributed by atoms with van der Waals surface area (Å²) < 4.78 is 67.0. The number of benzene rings is 1. The average molecular weight is 238 g/mol. The minimum absolute atomic E-state index is 0.344. The van der Waals surface area contributed by atoms with Crippen molar-refractivity contribution in [2.75, 3.05) is 6.61 Å². The number of halogens is 5. The Morgan fingerprint density at radius 3 is 2.25 bits per heavy atom. The number of epoxide rings is 1. The van der Waals surface area contributed by atoms with Gasteiger partial charge < -0.3 is 4.74 Å². The summed E-state index contributed by atoms with van der Waals surface area (Å²) in [5, 5.41) is 0. The molecule has 0 saturated carbocycles. The van der Waals surface area contributed by atoms with Gasteiger partial charge in [-0.25, -0.2) is 0 Å². The summed E-state index contributed by atoms with van der Waals surface area (Å²) in [5.41, 5.74) is -0.700. The van der Waals surface area contributed by atoms with Crippen molar-refractivity contribution >= 4 is 0 Å². The van der Waals surface area contributed by atoms with Crippen LogP contribution >= 0.6 is 0 Å². The fourth-order valence-corrected chi connectivity index (χ4v) is 1.34. The van der Waals surface area contributed by atoms with Crippen LogP contribution in [-0.2, 0) is 10.7 Å². The molecule has 1 atom stereocenters. The van der Waals surface area contributed by atoms with E-state index in [4.69, 9.17) is 4.74 Å². The van der Waals surface area contributed by atoms with Gasteiger partial charge >= 0.3 is 12.1 Å². The minimum Gasteiger partial charge on any atom is -0.368 e. The van der Waals surface area contributed by atoms with Crippen LogP contribution in [0.1, 0.15) is 17.2 Å². The van der Waals surface area contributed by atoms with Crippen molar-refractivity contribution < 1.29 is 26.7 Å². The van der Waals surface area contributed by atoms with Gasteiger partial charge in [-0.2, -0.15) is 22.0 Å². The SMILES string of the molecule is FC(F)(F)C(F)(F)c1cccc([C@H]2CO2)c1. The Bertz CT molecular complexity index is 394. The Morgan fingerprint density at radius 1 is 1.12 bits per heavy atom. The van der Waals surface area contributed by atoms with E-state index in [1.165, 1.54) is 12.1 Å². The predicted octanol–water partition coefficient (Wildman–Crippen LogP) is 3.41. The molecule has 0 amide bonds. The van der Waals surface area contributed by atoms with Crippen LogP contribution in [0.25, 0.3) is 0 Å². The van der Waals surface area contributed by atoms with E-state index in [0.29, 0.717) is 12.2 Å². The van der Waals surface area contributed by atoms with Crippen molar-refractivity contribution in [3.63, 3.8) is 0 Å². The van der Waals surface area contributed by atoms with Gasteiger partial charge in [0.15, 0.2) is 0 Å². The van der Waals surface area contributed by atoms with Crippen molar-refractivity contribution in [1.29, 1.82) is 0 Å². The molecule has 1 nitrogen and oxygen atoms in total. The average Bonchev–Trinajstić information content (AvgIpc) is 2.99. The fourth-order valence-electron chi connectivity index (χ4n) is 1.34. The molecule has 1 aliphatic rings. The lowest BCUT2D eigenvalue weighted by Crippen LogP contribution is -2.33. The van der Waals surface area contributed by atoms with E-state index in [1.807, 2.05) is 0 Å². The molecule has 1 aromatic carbocycles. The van der Waals surface area contributed by atoms with Gasteiger partial charge in [0.2, 0.25) is 0 Å². The number of hydrogen-bond donors (Lipinski definition) is 0. The maximum Gasteiger partial charge on any atom is 0.458 e. The van der Waals surface area contributed by atoms with Crippen LogP contribution in [0.4, 0.5) is 22.0 Å². The molecule has 1 saturated heterocycles. The largest absolute Gasteiger partial charge is 0.458 e. The molecule has 6 heteroatoms. The van der Waals surface area contributed by atoms with Gasteiger partial charge in [0.1, 0.15) is 6.10 Å². The highest BCUT2D eigenvalue weighted by Crippen LogP contribution is 2.44. The molecule has 0 aliphatic carbocycles. The lowest BCUT2D eigenvalue weighted by molar-refractivity contribution is -0.289. The second-order valence-electron chi connectivity index (χ2n) is 3.52. The van der Waals surface area contributed by atoms with Gasteiger partial charge in [-0.15, -0.1) is 0 Å². The first kappa shape index (κ1) is 11.3. The van der Waals surface area contributed by atoms with Crippen LogP contribution in [0.3, 0.4) is 0 Å². The second-order valence-corrected chi connectivity index (χ2v) is 3.52. The zero-order chi connectivity index (χ0) is 12.0. The van der Waals surface area contributed by atoms with E-state index < -0.39 is 17.7 Å². The molecule has 0 unspecified atom stereocenters. The van der Waals surface area contributed by atoms with Gasteiger partial charge in [-0.1, -0.05) is 18.2 Å². The number of alkyl halides is 5. The Kier molecular flexibility index (Phi) is 2.41. The molecular formula is C10H7F5O. The maximum absolute atomic E-state index is 13.0. The van der Waals surface area contributed by atoms with Crippen molar-refractivity contribution in [2.45, 2.75) is 18.2 Å². The first-order valence-corrected chi connectivity index (χ1v) is 4.49. The smallest absolute Gasteiger partial charge is 0.368 e. The van der Waals surface area contributed by atoms with Crippen LogP contribution in [0.5, 0.6) is 0 Å². The lowest BCUT2D eigenvalue weighted by atomic mass is 10.0. The molecule has 1 fully saturated rings. The molecule has 1 aromatic rings. The Hall–Kier alpha value is -1.17. The first-order valence-electron chi connectivity index (χ1n) is 4.49. The summed E-state index contributed by atoms with van der Waals surface area (Å²) in [6.45, 7) is 0.362. The molecule has 0 aromatic heterocycles. The summed E-state index contributed by atoms with van der Waals surface area (Å²) in [6, 6.07) is 4.24. The summed E-state index contributed by atoms with van der Waals surface area (Å²) in [6.07, 6.45) is -5.92. The third kappa shape index (κ3) is 1.89. The number of rotatable bonds is 2. The standard InChI is InChI=1S/C10H7F5O/c11-9(12,10(13,14)15)7-3-1-2-6(4-7)8-5-16-8/h1-4,8H,5H2/t8-/m1/s1. The lowest BCUT2D eigenvalue weighted by Gasteiger charge is -2.20. The minimum atomic E-state index is -5.57. The van der Waals surface area contributed by atoms with E-state index in [9.17, 15) is 22.0 Å². The predicted molar refractivity (Wildman–Crippen MR) is 45.1 cm³/mol. The highest BCUT2D eigenvalue weighted by Gasteiger charge is 2.58. The van der Waals surface area contributed by atoms with E-state index in [1.54, 1.807) is 0 Å². The van der Waals surface area contributed by atoms with Gasteiger partial charge in [-0.05, 0) is 11.6 Å². The zero-order valence-electron chi connectivity index (χ0n) is 7.89. The highest BCUT2D eigenvalue weighted by atomic mass is 19.4. The van der Waals surface area contributed by atoms with Crippen LogP contribution < -0.4 is 0 Å². The monoisotopic (exact) mass is 238 g/mol. The van der Waals surface area contributed by atoms with Crippen molar-refractivity contribution in [3.8, 4) is 0 Å². The van der Waals surface area contributed by atoms with Crippen molar-refractivity contribution in [1.82, 2.24) is 0 Å². The van der Waals surface area contributed by atoms with Crippen LogP contribution in [0.2, 0.25) is 0 Å². The first-order chi connectivity index (χ1) is 7.32. The van der Waals surface area contributed by atoms with E-state index in [2.05, 4.69) is 0 Å². The van der Waals surface area contributed by atoms with Gasteiger partial charge in [0, 0.05) is 5.56 Å². The van der Waals surface area contributed by atoms with Gasteiger partial charge in [-0.3, -0.25) is 0 Å². The molecule has 0 N–H and O–H groups in total. The Balaban J connectivity index is 2.35. The van der Waals surface area contributed by atoms with E-state index in [0.717, 1.165) is 12.1 Å². The molecule has 0 spiro atoms. The topological polar surface area (TPSA) is 12.5 Å². The van der Waals surface area contributed by atoms with Crippen molar-refractivity contribution in [2.24, 2.45) is 0 Å². The summed E-state index contributed by atoms with van der Waals surface area (Å²) in [5.74, 6) is -4.82. The quantitative estimate of drug-likeness (QED) is 0.568. The summed E-state index contributed by atoms with van der Waals surface area (Å²) >= 11 is 0. The summed E-state index contributed by atoms with van der Waals surface area (Å²) in [7, 11) is 0. The molecule has 16 heavy (non-hydrogen) atoms.